The highest BCUT2D eigenvalue weighted by atomic mass is 16.5. The Hall–Kier alpha value is -8.48. The zero-order chi connectivity index (χ0) is 53.3. The molecule has 0 spiro atoms. The van der Waals surface area contributed by atoms with Crippen LogP contribution in [0, 0.1) is 0 Å². The quantitative estimate of drug-likeness (QED) is 0.0520. The van der Waals surface area contributed by atoms with E-state index < -0.39 is 0 Å². The molecule has 75 heavy (non-hydrogen) atoms. The van der Waals surface area contributed by atoms with E-state index in [1.165, 1.54) is 6.08 Å². The fourth-order valence-corrected chi connectivity index (χ4v) is 9.07. The van der Waals surface area contributed by atoms with Crippen LogP contribution in [0.4, 0.5) is 46.0 Å². The van der Waals surface area contributed by atoms with Crippen molar-refractivity contribution in [1.29, 1.82) is 0 Å². The van der Waals surface area contributed by atoms with Crippen LogP contribution in [-0.4, -0.2) is 140 Å². The molecule has 0 saturated heterocycles. The summed E-state index contributed by atoms with van der Waals surface area (Å²) in [5, 5.41) is 11.8. The Morgan fingerprint density at radius 3 is 1.75 bits per heavy atom. The molecule has 0 unspecified atom stereocenters. The second-order valence-corrected chi connectivity index (χ2v) is 19.0. The van der Waals surface area contributed by atoms with Crippen molar-refractivity contribution in [2.24, 2.45) is 14.1 Å². The summed E-state index contributed by atoms with van der Waals surface area (Å²) >= 11 is 0. The van der Waals surface area contributed by atoms with Crippen LogP contribution in [0.1, 0.15) is 12.8 Å². The van der Waals surface area contributed by atoms with Gasteiger partial charge in [-0.1, -0.05) is 43.0 Å². The lowest BCUT2D eigenvalue weighted by atomic mass is 10.1. The standard InChI is InChI=1S/C57H68N14O4/c1-12-54(72)60-45-33-51(53(75-11)35-50(45)68(7)31-29-66(4)5)71(57-59-26-24-43(64-57)41-37-70(9)48-21-16-14-19-39(41)48)27-17-22-55(73)61-44-32-46(52(74-10)34-49(44)67(6)30-28-65(2)3)63-56-58-25-23-42(62-56)40-36-69(8)47-20-15-13-18-38(40)47/h12-16,18-21,23-26,32-37H,1,17,22,27-31H2,2-11H3,(H,60,72)(H,61,73)(H,58,62,63). The first-order valence-corrected chi connectivity index (χ1v) is 24.8. The molecule has 0 radical (unpaired) electrons. The number of para-hydroxylation sites is 2. The summed E-state index contributed by atoms with van der Waals surface area (Å²) in [6.45, 7) is 6.91. The smallest absolute Gasteiger partial charge is 0.247 e. The molecule has 8 rings (SSSR count). The average molecular weight is 1010 g/mol. The van der Waals surface area contributed by atoms with E-state index in [4.69, 9.17) is 24.4 Å². The van der Waals surface area contributed by atoms with Gasteiger partial charge in [0.25, 0.3) is 0 Å². The van der Waals surface area contributed by atoms with Crippen LogP contribution < -0.4 is 40.1 Å². The topological polar surface area (TPSA) is 166 Å². The van der Waals surface area contributed by atoms with E-state index in [-0.39, 0.29) is 18.2 Å². The maximum absolute atomic E-state index is 14.4. The van der Waals surface area contributed by atoms with E-state index in [0.29, 0.717) is 72.2 Å². The van der Waals surface area contributed by atoms with Gasteiger partial charge in [-0.2, -0.15) is 0 Å². The maximum Gasteiger partial charge on any atom is 0.247 e. The second kappa shape index (κ2) is 23.6. The van der Waals surface area contributed by atoms with Gasteiger partial charge in [0.1, 0.15) is 11.5 Å². The summed E-state index contributed by atoms with van der Waals surface area (Å²) in [5.74, 6) is 1.25. The molecule has 0 atom stereocenters. The Kier molecular flexibility index (Phi) is 16.6. The van der Waals surface area contributed by atoms with Crippen LogP contribution in [0.15, 0.2) is 122 Å². The number of hydrogen-bond donors (Lipinski definition) is 3. The Balaban J connectivity index is 1.12. The van der Waals surface area contributed by atoms with E-state index in [1.54, 1.807) is 26.6 Å². The summed E-state index contributed by atoms with van der Waals surface area (Å²) in [6, 6.07) is 27.8. The molecule has 390 valence electrons. The molecule has 0 saturated carbocycles. The molecule has 0 bridgehead atoms. The predicted octanol–water partition coefficient (Wildman–Crippen LogP) is 9.02. The Bertz CT molecular complexity index is 3330. The van der Waals surface area contributed by atoms with Crippen LogP contribution in [0.3, 0.4) is 0 Å². The lowest BCUT2D eigenvalue weighted by Crippen LogP contribution is -2.30. The minimum atomic E-state index is -0.364. The molecule has 0 aliphatic heterocycles. The van der Waals surface area contributed by atoms with Crippen molar-refractivity contribution >= 4 is 79.6 Å². The van der Waals surface area contributed by atoms with Gasteiger partial charge >= 0.3 is 0 Å². The first kappa shape index (κ1) is 52.8. The van der Waals surface area contributed by atoms with Crippen molar-refractivity contribution in [2.45, 2.75) is 12.8 Å². The number of rotatable bonds is 23. The predicted molar refractivity (Wildman–Crippen MR) is 305 cm³/mol. The number of aryl methyl sites for hydroxylation is 2. The first-order valence-electron chi connectivity index (χ1n) is 24.8. The molecule has 0 aliphatic rings. The molecular formula is C57H68N14O4. The Labute approximate surface area is 439 Å². The number of amides is 2. The van der Waals surface area contributed by atoms with E-state index in [1.807, 2.05) is 122 Å². The number of methoxy groups -OCH3 is 2. The highest BCUT2D eigenvalue weighted by Crippen LogP contribution is 2.43. The van der Waals surface area contributed by atoms with Crippen molar-refractivity contribution in [1.82, 2.24) is 38.9 Å². The molecule has 2 amide bonds. The average Bonchev–Trinajstić information content (AvgIpc) is 3.94. The number of carbonyl (C=O) groups is 2. The number of aromatic nitrogens is 6. The number of fused-ring (bicyclic) bond motifs is 2. The fourth-order valence-electron chi connectivity index (χ4n) is 9.07. The third-order valence-corrected chi connectivity index (χ3v) is 13.1. The van der Waals surface area contributed by atoms with Crippen molar-refractivity contribution in [3.05, 3.63) is 122 Å². The summed E-state index contributed by atoms with van der Waals surface area (Å²) < 4.78 is 16.3. The van der Waals surface area contributed by atoms with Crippen LogP contribution in [0.5, 0.6) is 11.5 Å². The van der Waals surface area contributed by atoms with E-state index in [9.17, 15) is 9.59 Å². The molecule has 8 aromatic rings. The van der Waals surface area contributed by atoms with Crippen molar-refractivity contribution in [2.75, 3.05) is 120 Å². The van der Waals surface area contributed by atoms with Gasteiger partial charge in [-0.05, 0) is 77.1 Å². The third kappa shape index (κ3) is 12.1. The largest absolute Gasteiger partial charge is 0.494 e. The normalized spacial score (nSPS) is 11.3. The minimum Gasteiger partial charge on any atom is -0.494 e. The van der Waals surface area contributed by atoms with E-state index in [2.05, 4.69) is 92.9 Å². The van der Waals surface area contributed by atoms with Gasteiger partial charge in [-0.25, -0.2) is 19.9 Å². The zero-order valence-corrected chi connectivity index (χ0v) is 44.7. The SMILES string of the molecule is C=CC(=O)Nc1cc(N(CCCC(=O)Nc2cc(Nc3nccc(-c4cn(C)c5ccccc45)n3)c(OC)cc2N(C)CCN(C)C)c2nccc(-c3cn(C)c4ccccc34)n2)c(OC)cc1N(C)CCN(C)C. The number of hydrogen-bond acceptors (Lipinski definition) is 14. The number of carbonyl (C=O) groups excluding carboxylic acids is 2. The first-order chi connectivity index (χ1) is 36.1. The highest BCUT2D eigenvalue weighted by Gasteiger charge is 2.25. The number of anilines is 8. The van der Waals surface area contributed by atoms with Gasteiger partial charge in [-0.3, -0.25) is 9.59 Å². The number of likely N-dealkylation sites (N-methyl/N-ethyl adjacent to an activating group) is 4. The fraction of sp³-hybridized carbons (Fsp3) is 0.298. The van der Waals surface area contributed by atoms with Crippen LogP contribution in [0.25, 0.3) is 44.3 Å². The molecule has 4 aromatic heterocycles. The monoisotopic (exact) mass is 1010 g/mol. The number of benzene rings is 4. The Morgan fingerprint density at radius 1 is 0.627 bits per heavy atom. The van der Waals surface area contributed by atoms with Gasteiger partial charge in [-0.15, -0.1) is 0 Å². The summed E-state index contributed by atoms with van der Waals surface area (Å²) in [6.07, 6.45) is 9.34. The molecule has 0 aliphatic carbocycles. The zero-order valence-electron chi connectivity index (χ0n) is 44.7. The van der Waals surface area contributed by atoms with Crippen LogP contribution in [0.2, 0.25) is 0 Å². The maximum atomic E-state index is 14.4. The summed E-state index contributed by atoms with van der Waals surface area (Å²) in [5.41, 5.74) is 9.40. The van der Waals surface area contributed by atoms with Gasteiger partial charge in [0.15, 0.2) is 0 Å². The minimum absolute atomic E-state index is 0.124. The van der Waals surface area contributed by atoms with Crippen LogP contribution in [-0.2, 0) is 23.7 Å². The van der Waals surface area contributed by atoms with Crippen molar-refractivity contribution < 1.29 is 19.1 Å². The van der Waals surface area contributed by atoms with Crippen LogP contribution >= 0.6 is 0 Å². The molecule has 18 nitrogen and oxygen atoms in total. The third-order valence-electron chi connectivity index (χ3n) is 13.1. The van der Waals surface area contributed by atoms with E-state index in [0.717, 1.165) is 68.8 Å². The van der Waals surface area contributed by atoms with Crippen molar-refractivity contribution in [3.8, 4) is 34.0 Å². The lowest BCUT2D eigenvalue weighted by molar-refractivity contribution is -0.116. The summed E-state index contributed by atoms with van der Waals surface area (Å²) in [4.78, 5) is 57.3. The number of nitrogens with one attached hydrogen (secondary N) is 3. The molecule has 4 heterocycles. The van der Waals surface area contributed by atoms with E-state index >= 15 is 0 Å². The van der Waals surface area contributed by atoms with Gasteiger partial charge in [0, 0.05) is 137 Å². The molecular weight excluding hydrogens is 945 g/mol. The number of nitrogens with zero attached hydrogens (tertiary/aromatic N) is 11. The molecule has 18 heteroatoms. The molecule has 4 aromatic carbocycles. The van der Waals surface area contributed by atoms with Gasteiger partial charge < -0.3 is 59.1 Å². The Morgan fingerprint density at radius 2 is 1.17 bits per heavy atom. The van der Waals surface area contributed by atoms with Gasteiger partial charge in [0.2, 0.25) is 23.7 Å². The molecule has 0 fully saturated rings. The highest BCUT2D eigenvalue weighted by molar-refractivity contribution is 6.03. The lowest BCUT2D eigenvalue weighted by Gasteiger charge is -2.29. The molecule has 3 N–H and O–H groups in total. The van der Waals surface area contributed by atoms with Gasteiger partial charge in [0.05, 0.1) is 59.7 Å². The van der Waals surface area contributed by atoms with Crippen molar-refractivity contribution in [3.63, 3.8) is 0 Å². The number of ether oxygens (including phenoxy) is 2. The summed E-state index contributed by atoms with van der Waals surface area (Å²) in [7, 11) is 19.3. The second-order valence-electron chi connectivity index (χ2n) is 19.0.